The van der Waals surface area contributed by atoms with Crippen molar-refractivity contribution in [2.75, 3.05) is 0 Å². The summed E-state index contributed by atoms with van der Waals surface area (Å²) in [6.07, 6.45) is 1.31. The second-order valence-electron chi connectivity index (χ2n) is 9.31. The third kappa shape index (κ3) is 2.88. The largest absolute Gasteiger partial charge is 0.464 e. The Bertz CT molecular complexity index is 3180. The van der Waals surface area contributed by atoms with Gasteiger partial charge in [0.25, 0.3) is 0 Å². The minimum absolute atomic E-state index is 0.0691. The van der Waals surface area contributed by atoms with E-state index in [1.165, 1.54) is 6.26 Å². The quantitative estimate of drug-likeness (QED) is 0.210. The maximum Gasteiger partial charge on any atom is 0.147 e. The summed E-state index contributed by atoms with van der Waals surface area (Å²) < 4.78 is 146. The summed E-state index contributed by atoms with van der Waals surface area (Å²) in [5.41, 5.74) is 0.426. The van der Waals surface area contributed by atoms with Gasteiger partial charge < -0.3 is 8.83 Å². The highest BCUT2D eigenvalue weighted by atomic mass is 16.3. The van der Waals surface area contributed by atoms with E-state index >= 15 is 0 Å². The van der Waals surface area contributed by atoms with Gasteiger partial charge in [0.1, 0.15) is 16.7 Å². The van der Waals surface area contributed by atoms with Crippen LogP contribution in [-0.2, 0) is 0 Å². The van der Waals surface area contributed by atoms with E-state index in [-0.39, 0.29) is 38.2 Å². The zero-order chi connectivity index (χ0) is 39.3. The summed E-state index contributed by atoms with van der Waals surface area (Å²) in [5.74, 6) is 0. The Morgan fingerprint density at radius 1 is 0.475 bits per heavy atom. The Morgan fingerprint density at radius 2 is 1.10 bits per heavy atom. The number of hydrogen-bond donors (Lipinski definition) is 0. The molecule has 0 N–H and O–H groups in total. The lowest BCUT2D eigenvalue weighted by molar-refractivity contribution is 0.616. The number of para-hydroxylation sites is 1. The molecule has 0 atom stereocenters. The zero-order valence-corrected chi connectivity index (χ0v) is 20.4. The van der Waals surface area contributed by atoms with E-state index < -0.39 is 107 Å². The van der Waals surface area contributed by atoms with Crippen molar-refractivity contribution in [3.63, 3.8) is 0 Å². The Balaban J connectivity index is 1.65. The van der Waals surface area contributed by atoms with Crippen molar-refractivity contribution in [2.24, 2.45) is 0 Å². The molecule has 0 aliphatic heterocycles. The number of furan rings is 2. The van der Waals surface area contributed by atoms with Crippen LogP contribution in [0.2, 0.25) is 0 Å². The fourth-order valence-electron chi connectivity index (χ4n) is 5.63. The zero-order valence-electron chi connectivity index (χ0n) is 35.4. The second-order valence-corrected chi connectivity index (χ2v) is 9.31. The van der Waals surface area contributed by atoms with Crippen molar-refractivity contribution in [1.29, 1.82) is 0 Å². The van der Waals surface area contributed by atoms with Gasteiger partial charge in [0.15, 0.2) is 0 Å². The van der Waals surface area contributed by atoms with Crippen LogP contribution in [0.25, 0.3) is 87.5 Å². The van der Waals surface area contributed by atoms with Crippen LogP contribution in [0.1, 0.15) is 20.6 Å². The number of rotatable bonds is 2. The molecule has 0 unspecified atom stereocenters. The minimum atomic E-state index is -0.771. The molecule has 0 saturated carbocycles. The van der Waals surface area contributed by atoms with Crippen LogP contribution < -0.4 is 0 Å². The van der Waals surface area contributed by atoms with Crippen LogP contribution in [0.5, 0.6) is 0 Å². The molecule has 2 heteroatoms. The lowest BCUT2D eigenvalue weighted by atomic mass is 9.84. The van der Waals surface area contributed by atoms with Crippen LogP contribution >= 0.6 is 0 Å². The van der Waals surface area contributed by atoms with Crippen LogP contribution in [0.3, 0.4) is 0 Å². The van der Waals surface area contributed by atoms with E-state index in [1.807, 2.05) is 12.1 Å². The van der Waals surface area contributed by atoms with E-state index in [2.05, 4.69) is 0 Å². The molecule has 186 valence electrons. The van der Waals surface area contributed by atoms with Gasteiger partial charge in [-0.1, -0.05) is 109 Å². The summed E-state index contributed by atoms with van der Waals surface area (Å²) in [6, 6.07) is 0.230. The van der Waals surface area contributed by atoms with E-state index in [9.17, 15) is 6.85 Å². The smallest absolute Gasteiger partial charge is 0.147 e. The van der Waals surface area contributed by atoms with Gasteiger partial charge in [-0.3, -0.25) is 0 Å². The van der Waals surface area contributed by atoms with Crippen molar-refractivity contribution in [3.05, 3.63) is 133 Å². The molecule has 2 nitrogen and oxygen atoms in total. The average Bonchev–Trinajstić information content (AvgIpc) is 3.78. The summed E-state index contributed by atoms with van der Waals surface area (Å²) in [7, 11) is 0. The highest BCUT2D eigenvalue weighted by Gasteiger charge is 2.22. The molecule has 0 aliphatic rings. The molecule has 9 aromatic rings. The first-order valence-electron chi connectivity index (χ1n) is 19.9. The Hall–Kier alpha value is -5.34. The maximum atomic E-state index is 9.34. The molecule has 0 aliphatic carbocycles. The van der Waals surface area contributed by atoms with E-state index in [0.717, 1.165) is 5.39 Å². The fraction of sp³-hybridized carbons (Fsp3) is 0. The Kier molecular flexibility index (Phi) is 2.39. The van der Waals surface area contributed by atoms with Gasteiger partial charge in [-0.15, -0.1) is 0 Å². The summed E-state index contributed by atoms with van der Waals surface area (Å²) in [4.78, 5) is 0. The summed E-state index contributed by atoms with van der Waals surface area (Å²) in [6.45, 7) is 0. The monoisotopic (exact) mass is 525 g/mol. The SMILES string of the molecule is [2H]c1c([2H])c([2H])c2c(-c3c4c([2H])c([2H])c([2H])c([2H])c4c(-c4coc5ccc6c7ccccc7oc6c45)c4c([2H])c([2H])c([2H])c([2H])c34)c([2H])c([2H])c([2H])c2c1[2H]. The van der Waals surface area contributed by atoms with Gasteiger partial charge in [-0.25, -0.2) is 0 Å². The third-order valence-corrected chi connectivity index (χ3v) is 7.29. The van der Waals surface area contributed by atoms with Crippen molar-refractivity contribution in [2.45, 2.75) is 0 Å². The fourth-order valence-corrected chi connectivity index (χ4v) is 5.63. The lowest BCUT2D eigenvalue weighted by Crippen LogP contribution is -1.91. The molecule has 9 rings (SSSR count). The van der Waals surface area contributed by atoms with Crippen molar-refractivity contribution < 1.29 is 29.4 Å². The highest BCUT2D eigenvalue weighted by molar-refractivity contribution is 6.27. The van der Waals surface area contributed by atoms with Gasteiger partial charge >= 0.3 is 0 Å². The molecule has 0 bridgehead atoms. The van der Waals surface area contributed by atoms with Gasteiger partial charge in [0.05, 0.1) is 32.2 Å². The van der Waals surface area contributed by atoms with Crippen molar-refractivity contribution in [3.8, 4) is 22.3 Å². The predicted molar refractivity (Wildman–Crippen MR) is 167 cm³/mol. The lowest BCUT2D eigenvalue weighted by Gasteiger charge is -2.18. The summed E-state index contributed by atoms with van der Waals surface area (Å²) in [5, 5.41) is -0.258. The molecule has 0 fully saturated rings. The maximum absolute atomic E-state index is 9.34. The normalized spacial score (nSPS) is 17.2. The van der Waals surface area contributed by atoms with Gasteiger partial charge in [-0.05, 0) is 61.6 Å². The van der Waals surface area contributed by atoms with Gasteiger partial charge in [0, 0.05) is 21.9 Å². The van der Waals surface area contributed by atoms with Crippen LogP contribution in [0.15, 0.2) is 142 Å². The van der Waals surface area contributed by atoms with Crippen LogP contribution in [-0.4, -0.2) is 0 Å². The van der Waals surface area contributed by atoms with E-state index in [4.69, 9.17) is 22.5 Å². The van der Waals surface area contributed by atoms with Crippen LogP contribution in [0, 0.1) is 0 Å². The van der Waals surface area contributed by atoms with E-state index in [0.29, 0.717) is 27.5 Å². The molecule has 2 aromatic heterocycles. The highest BCUT2D eigenvalue weighted by Crippen LogP contribution is 2.48. The van der Waals surface area contributed by atoms with Crippen molar-refractivity contribution >= 4 is 65.2 Å². The van der Waals surface area contributed by atoms with Gasteiger partial charge in [0.2, 0.25) is 0 Å². The topological polar surface area (TPSA) is 26.3 Å². The molecule has 7 aromatic carbocycles. The molecular formula is C38H22O2. The molecule has 0 radical (unpaired) electrons. The van der Waals surface area contributed by atoms with E-state index in [1.54, 1.807) is 24.3 Å². The second kappa shape index (κ2) is 8.08. The molecular weight excluding hydrogens is 488 g/mol. The first-order chi connectivity index (χ1) is 26.1. The third-order valence-electron chi connectivity index (χ3n) is 7.29. The first-order valence-corrected chi connectivity index (χ1v) is 12.4. The first kappa shape index (κ1) is 11.8. The predicted octanol–water partition coefficient (Wildman–Crippen LogP) is 11.1. The average molecular weight is 526 g/mol. The number of fused-ring (bicyclic) bond motifs is 8. The van der Waals surface area contributed by atoms with Crippen LogP contribution in [0.4, 0.5) is 0 Å². The minimum Gasteiger partial charge on any atom is -0.464 e. The molecule has 40 heavy (non-hydrogen) atoms. The van der Waals surface area contributed by atoms with Gasteiger partial charge in [-0.2, -0.15) is 0 Å². The number of benzene rings is 7. The summed E-state index contributed by atoms with van der Waals surface area (Å²) >= 11 is 0. The number of hydrogen-bond acceptors (Lipinski definition) is 2. The molecule has 0 saturated heterocycles. The Morgan fingerprint density at radius 3 is 1.85 bits per heavy atom. The molecule has 2 heterocycles. The Labute approximate surface area is 250 Å². The van der Waals surface area contributed by atoms with Crippen molar-refractivity contribution in [1.82, 2.24) is 0 Å². The molecule has 0 amide bonds. The standard InChI is InChI=1S/C38H22O2/c1-2-12-24-23(10-1)11-9-18-26(24)35-27-14-3-5-16-29(27)36(30-17-6-4-15-28(30)35)32-22-39-34-21-20-31-25-13-7-8-19-33(25)40-38(31)37(32)34/h1-22H/i1D,2D,3D,4D,5D,6D,9D,10D,11D,12D,14D,15D,16D,17D,18D. The molecule has 0 spiro atoms.